The molecule has 6 aromatic rings. The molecular weight excluding hydrogens is 398 g/mol. The lowest BCUT2D eigenvalue weighted by molar-refractivity contribution is 1.18. The summed E-state index contributed by atoms with van der Waals surface area (Å²) in [4.78, 5) is 0. The van der Waals surface area contributed by atoms with Gasteiger partial charge in [-0.05, 0) is 46.5 Å². The Morgan fingerprint density at radius 2 is 0.848 bits per heavy atom. The van der Waals surface area contributed by atoms with Gasteiger partial charge in [0.25, 0.3) is 0 Å². The first-order valence-electron chi connectivity index (χ1n) is 11.3. The maximum atomic E-state index is 2.35. The molecule has 156 valence electrons. The lowest BCUT2D eigenvalue weighted by atomic mass is 10.0. The van der Waals surface area contributed by atoms with Crippen molar-refractivity contribution < 1.29 is 0 Å². The Kier molecular flexibility index (Phi) is 4.86. The van der Waals surface area contributed by atoms with Gasteiger partial charge >= 0.3 is 0 Å². The summed E-state index contributed by atoms with van der Waals surface area (Å²) in [6, 6.07) is 45.3. The van der Waals surface area contributed by atoms with Crippen molar-refractivity contribution in [2.24, 2.45) is 0 Å². The third kappa shape index (κ3) is 3.64. The Morgan fingerprint density at radius 3 is 1.42 bits per heavy atom. The summed E-state index contributed by atoms with van der Waals surface area (Å²) in [5.41, 5.74) is 8.51. The van der Waals surface area contributed by atoms with Gasteiger partial charge in [0.2, 0.25) is 0 Å². The number of fused-ring (bicyclic) bond motifs is 3. The molecule has 6 rings (SSSR count). The van der Waals surface area contributed by atoms with Gasteiger partial charge in [-0.1, -0.05) is 115 Å². The molecule has 33 heavy (non-hydrogen) atoms. The van der Waals surface area contributed by atoms with Crippen molar-refractivity contribution in [1.82, 2.24) is 4.57 Å². The van der Waals surface area contributed by atoms with E-state index in [-0.39, 0.29) is 0 Å². The van der Waals surface area contributed by atoms with Crippen LogP contribution < -0.4 is 0 Å². The van der Waals surface area contributed by atoms with Crippen molar-refractivity contribution in [1.29, 1.82) is 0 Å². The Hall–Kier alpha value is -4.36. The van der Waals surface area contributed by atoms with Crippen molar-refractivity contribution in [2.75, 3.05) is 0 Å². The van der Waals surface area contributed by atoms with Crippen molar-refractivity contribution in [2.45, 2.75) is 0 Å². The Bertz CT molecular complexity index is 1510. The number of hydrogen-bond donors (Lipinski definition) is 0. The maximum Gasteiger partial charge on any atom is 0.0541 e. The molecule has 0 saturated heterocycles. The second-order valence-corrected chi connectivity index (χ2v) is 8.28. The number of aromatic nitrogens is 1. The molecule has 0 amide bonds. The van der Waals surface area contributed by atoms with Crippen LogP contribution in [-0.2, 0) is 0 Å². The predicted molar refractivity (Wildman–Crippen MR) is 142 cm³/mol. The third-order valence-electron chi connectivity index (χ3n) is 6.22. The van der Waals surface area contributed by atoms with Crippen molar-refractivity contribution in [3.63, 3.8) is 0 Å². The summed E-state index contributed by atoms with van der Waals surface area (Å²) in [5, 5.41) is 2.58. The summed E-state index contributed by atoms with van der Waals surface area (Å²) < 4.78 is 2.35. The first-order valence-corrected chi connectivity index (χ1v) is 11.3. The average molecular weight is 422 g/mol. The molecule has 0 fully saturated rings. The second-order valence-electron chi connectivity index (χ2n) is 8.28. The van der Waals surface area contributed by atoms with Crippen LogP contribution in [-0.4, -0.2) is 4.57 Å². The van der Waals surface area contributed by atoms with Crippen molar-refractivity contribution in [3.8, 4) is 16.8 Å². The van der Waals surface area contributed by atoms with E-state index in [9.17, 15) is 0 Å². The van der Waals surface area contributed by atoms with Crippen LogP contribution in [0.25, 0.3) is 50.8 Å². The molecule has 1 aromatic heterocycles. The molecule has 1 heteroatoms. The molecule has 0 N–H and O–H groups in total. The molecule has 0 aliphatic heterocycles. The fraction of sp³-hybridized carbons (Fsp3) is 0. The highest BCUT2D eigenvalue weighted by Crippen LogP contribution is 2.32. The molecule has 1 nitrogen and oxygen atoms in total. The van der Waals surface area contributed by atoms with Gasteiger partial charge in [-0.25, -0.2) is 0 Å². The van der Waals surface area contributed by atoms with Crippen LogP contribution in [0.1, 0.15) is 11.1 Å². The minimum Gasteiger partial charge on any atom is -0.309 e. The first kappa shape index (κ1) is 19.3. The highest BCUT2D eigenvalue weighted by molar-refractivity contribution is 6.09. The van der Waals surface area contributed by atoms with Gasteiger partial charge < -0.3 is 4.57 Å². The van der Waals surface area contributed by atoms with Gasteiger partial charge in [0.15, 0.2) is 0 Å². The molecule has 0 atom stereocenters. The fourth-order valence-electron chi connectivity index (χ4n) is 4.55. The molecule has 0 radical (unpaired) electrons. The molecule has 0 unspecified atom stereocenters. The van der Waals surface area contributed by atoms with Crippen LogP contribution in [0.5, 0.6) is 0 Å². The van der Waals surface area contributed by atoms with Crippen LogP contribution >= 0.6 is 0 Å². The summed E-state index contributed by atoms with van der Waals surface area (Å²) >= 11 is 0. The Labute approximate surface area is 193 Å². The molecule has 5 aromatic carbocycles. The second kappa shape index (κ2) is 8.29. The van der Waals surface area contributed by atoms with Gasteiger partial charge in [0.1, 0.15) is 0 Å². The number of rotatable bonds is 4. The van der Waals surface area contributed by atoms with E-state index >= 15 is 0 Å². The lowest BCUT2D eigenvalue weighted by Crippen LogP contribution is -1.93. The molecule has 0 aliphatic carbocycles. The maximum absolute atomic E-state index is 2.35. The van der Waals surface area contributed by atoms with Gasteiger partial charge in [0.05, 0.1) is 11.0 Å². The van der Waals surface area contributed by atoms with E-state index in [0.717, 1.165) is 0 Å². The van der Waals surface area contributed by atoms with Gasteiger partial charge in [-0.2, -0.15) is 0 Å². The van der Waals surface area contributed by atoms with E-state index in [1.54, 1.807) is 0 Å². The molecule has 0 bridgehead atoms. The van der Waals surface area contributed by atoms with Crippen molar-refractivity contribution in [3.05, 3.63) is 139 Å². The third-order valence-corrected chi connectivity index (χ3v) is 6.22. The van der Waals surface area contributed by atoms with E-state index in [1.165, 1.54) is 49.7 Å². The van der Waals surface area contributed by atoms with Crippen LogP contribution in [0.4, 0.5) is 0 Å². The predicted octanol–water partition coefficient (Wildman–Crippen LogP) is 8.62. The van der Waals surface area contributed by atoms with Gasteiger partial charge in [0, 0.05) is 16.5 Å². The fourth-order valence-corrected chi connectivity index (χ4v) is 4.55. The zero-order valence-corrected chi connectivity index (χ0v) is 18.2. The van der Waals surface area contributed by atoms with Crippen molar-refractivity contribution >= 4 is 34.0 Å². The van der Waals surface area contributed by atoms with Gasteiger partial charge in [-0.3, -0.25) is 0 Å². The summed E-state index contributed by atoms with van der Waals surface area (Å²) in [7, 11) is 0. The molecule has 0 spiro atoms. The largest absolute Gasteiger partial charge is 0.309 e. The van der Waals surface area contributed by atoms with E-state index in [2.05, 4.69) is 138 Å². The van der Waals surface area contributed by atoms with Crippen LogP contribution in [0.15, 0.2) is 127 Å². The molecule has 0 saturated carbocycles. The SMILES string of the molecule is C(=C\c1ccc(-c2ccc(-n3c4ccccc4c4ccccc43)cc2)cc1)/c1ccccc1. The normalized spacial score (nSPS) is 11.5. The van der Waals surface area contributed by atoms with E-state index in [0.29, 0.717) is 0 Å². The number of benzene rings is 5. The molecule has 1 heterocycles. The Morgan fingerprint density at radius 1 is 0.394 bits per heavy atom. The lowest BCUT2D eigenvalue weighted by Gasteiger charge is -2.09. The van der Waals surface area contributed by atoms with E-state index in [4.69, 9.17) is 0 Å². The summed E-state index contributed by atoms with van der Waals surface area (Å²) in [6.07, 6.45) is 4.31. The standard InChI is InChI=1S/C32H23N/c1-2-8-24(9-3-1)14-15-25-16-18-26(19-17-25)27-20-22-28(23-21-27)33-31-12-6-4-10-29(31)30-11-5-7-13-32(30)33/h1-23H/b15-14+. The highest BCUT2D eigenvalue weighted by atomic mass is 15.0. The van der Waals surface area contributed by atoms with E-state index < -0.39 is 0 Å². The zero-order chi connectivity index (χ0) is 22.0. The van der Waals surface area contributed by atoms with E-state index in [1.807, 2.05) is 6.07 Å². The summed E-state index contributed by atoms with van der Waals surface area (Å²) in [6.45, 7) is 0. The minimum atomic E-state index is 1.18. The highest BCUT2D eigenvalue weighted by Gasteiger charge is 2.11. The average Bonchev–Trinajstić information content (AvgIpc) is 3.23. The number of nitrogens with zero attached hydrogens (tertiary/aromatic N) is 1. The monoisotopic (exact) mass is 421 g/mol. The summed E-state index contributed by atoms with van der Waals surface area (Å²) in [5.74, 6) is 0. The Balaban J connectivity index is 1.32. The molecule has 0 aliphatic rings. The quantitative estimate of drug-likeness (QED) is 0.251. The van der Waals surface area contributed by atoms with Crippen LogP contribution in [0, 0.1) is 0 Å². The number of hydrogen-bond acceptors (Lipinski definition) is 0. The van der Waals surface area contributed by atoms with Gasteiger partial charge in [-0.15, -0.1) is 0 Å². The topological polar surface area (TPSA) is 4.93 Å². The first-order chi connectivity index (χ1) is 16.4. The number of para-hydroxylation sites is 2. The molecular formula is C32H23N. The minimum absolute atomic E-state index is 1.18. The smallest absolute Gasteiger partial charge is 0.0541 e. The van der Waals surface area contributed by atoms with Crippen LogP contribution in [0.2, 0.25) is 0 Å². The van der Waals surface area contributed by atoms with Crippen LogP contribution in [0.3, 0.4) is 0 Å². The zero-order valence-electron chi connectivity index (χ0n) is 18.2.